The van der Waals surface area contributed by atoms with Gasteiger partial charge in [-0.15, -0.1) is 0 Å². The summed E-state index contributed by atoms with van der Waals surface area (Å²) in [6.45, 7) is 8.46. The molecule has 0 aliphatic carbocycles. The molecule has 0 N–H and O–H groups in total. The molecule has 21 heavy (non-hydrogen) atoms. The summed E-state index contributed by atoms with van der Waals surface area (Å²) >= 11 is 0. The summed E-state index contributed by atoms with van der Waals surface area (Å²) in [6.07, 6.45) is -0.849. The van der Waals surface area contributed by atoms with Crippen LogP contribution in [0.25, 0.3) is 0 Å². The van der Waals surface area contributed by atoms with Crippen molar-refractivity contribution in [3.63, 3.8) is 0 Å². The highest BCUT2D eigenvalue weighted by Gasteiger charge is 2.26. The number of rotatable bonds is 5. The number of hydrogen-bond donors (Lipinski definition) is 0. The third-order valence-electron chi connectivity index (χ3n) is 2.62. The lowest BCUT2D eigenvalue weighted by Gasteiger charge is -2.18. The number of carbonyl (C=O) groups is 3. The maximum atomic E-state index is 12.1. The summed E-state index contributed by atoms with van der Waals surface area (Å²) in [5, 5.41) is 0. The van der Waals surface area contributed by atoms with Gasteiger partial charge in [-0.1, -0.05) is 12.1 Å². The van der Waals surface area contributed by atoms with Crippen molar-refractivity contribution in [2.24, 2.45) is 0 Å². The standard InChI is InChI=1S/C15H20O5Si/c1-10(16)11(2)19-14(17)12-8-6-7-9-13(12)15(18)20-21(3,4)5/h6-9,11H,1-5H3. The summed E-state index contributed by atoms with van der Waals surface area (Å²) in [6, 6.07) is 6.26. The summed E-state index contributed by atoms with van der Waals surface area (Å²) in [7, 11) is -2.07. The third kappa shape index (κ3) is 5.15. The lowest BCUT2D eigenvalue weighted by atomic mass is 10.1. The molecule has 1 rings (SSSR count). The van der Waals surface area contributed by atoms with Crippen LogP contribution >= 0.6 is 0 Å². The Kier molecular flexibility index (Phi) is 5.43. The minimum Gasteiger partial charge on any atom is -0.516 e. The van der Waals surface area contributed by atoms with Gasteiger partial charge in [-0.3, -0.25) is 4.79 Å². The lowest BCUT2D eigenvalue weighted by molar-refractivity contribution is -0.124. The van der Waals surface area contributed by atoms with Crippen LogP contribution < -0.4 is 0 Å². The minimum absolute atomic E-state index is 0.105. The molecule has 0 aliphatic rings. The Balaban J connectivity index is 3.01. The van der Waals surface area contributed by atoms with Crippen LogP contribution in [-0.4, -0.2) is 32.1 Å². The fourth-order valence-electron chi connectivity index (χ4n) is 1.48. The molecule has 0 amide bonds. The van der Waals surface area contributed by atoms with Gasteiger partial charge in [-0.05, 0) is 45.6 Å². The van der Waals surface area contributed by atoms with Crippen LogP contribution in [0.1, 0.15) is 34.6 Å². The van der Waals surface area contributed by atoms with Crippen LogP contribution in [-0.2, 0) is 14.0 Å². The van der Waals surface area contributed by atoms with E-state index in [9.17, 15) is 14.4 Å². The van der Waals surface area contributed by atoms with Crippen molar-refractivity contribution in [3.05, 3.63) is 35.4 Å². The van der Waals surface area contributed by atoms with Gasteiger partial charge in [0.05, 0.1) is 11.1 Å². The van der Waals surface area contributed by atoms with Gasteiger partial charge in [-0.2, -0.15) is 0 Å². The van der Waals surface area contributed by atoms with Crippen molar-refractivity contribution in [2.45, 2.75) is 39.6 Å². The zero-order valence-electron chi connectivity index (χ0n) is 12.9. The van der Waals surface area contributed by atoms with E-state index >= 15 is 0 Å². The molecule has 6 heteroatoms. The number of ketones is 1. The second kappa shape index (κ2) is 6.67. The number of hydrogen-bond acceptors (Lipinski definition) is 5. The zero-order valence-corrected chi connectivity index (χ0v) is 13.9. The quantitative estimate of drug-likeness (QED) is 0.618. The fourth-order valence-corrected chi connectivity index (χ4v) is 2.15. The maximum absolute atomic E-state index is 12.1. The van der Waals surface area contributed by atoms with Crippen LogP contribution in [0.2, 0.25) is 19.6 Å². The number of Topliss-reactive ketones (excluding diaryl/α,β-unsaturated/α-hetero) is 1. The minimum atomic E-state index is -2.07. The predicted molar refractivity (Wildman–Crippen MR) is 80.8 cm³/mol. The topological polar surface area (TPSA) is 69.7 Å². The number of benzene rings is 1. The zero-order chi connectivity index (χ0) is 16.2. The molecule has 0 spiro atoms. The molecule has 0 aliphatic heterocycles. The first-order valence-corrected chi connectivity index (χ1v) is 10.1. The molecule has 1 atom stereocenters. The van der Waals surface area contributed by atoms with E-state index in [4.69, 9.17) is 9.16 Å². The first-order valence-electron chi connectivity index (χ1n) is 6.65. The second-order valence-electron chi connectivity index (χ2n) is 5.71. The molecule has 0 saturated carbocycles. The summed E-state index contributed by atoms with van der Waals surface area (Å²) < 4.78 is 10.4. The Morgan fingerprint density at radius 1 is 1.00 bits per heavy atom. The van der Waals surface area contributed by atoms with E-state index in [0.29, 0.717) is 0 Å². The van der Waals surface area contributed by atoms with Gasteiger partial charge in [0, 0.05) is 0 Å². The van der Waals surface area contributed by atoms with E-state index in [-0.39, 0.29) is 16.9 Å². The Bertz CT molecular complexity index is 559. The van der Waals surface area contributed by atoms with E-state index in [2.05, 4.69) is 0 Å². The SMILES string of the molecule is CC(=O)C(C)OC(=O)c1ccccc1C(=O)O[Si](C)(C)C. The Morgan fingerprint density at radius 3 is 1.90 bits per heavy atom. The van der Waals surface area contributed by atoms with Gasteiger partial charge in [-0.25, -0.2) is 9.59 Å². The molecule has 1 aromatic rings. The van der Waals surface area contributed by atoms with Crippen LogP contribution in [0.3, 0.4) is 0 Å². The van der Waals surface area contributed by atoms with E-state index < -0.39 is 26.4 Å². The smallest absolute Gasteiger partial charge is 0.339 e. The van der Waals surface area contributed by atoms with Gasteiger partial charge in [0.25, 0.3) is 0 Å². The molecule has 0 heterocycles. The summed E-state index contributed by atoms with van der Waals surface area (Å²) in [5.41, 5.74) is 0.259. The van der Waals surface area contributed by atoms with Crippen LogP contribution in [0.4, 0.5) is 0 Å². The Morgan fingerprint density at radius 2 is 1.48 bits per heavy atom. The maximum Gasteiger partial charge on any atom is 0.339 e. The molecule has 0 fully saturated rings. The number of carbonyl (C=O) groups excluding carboxylic acids is 3. The van der Waals surface area contributed by atoms with Gasteiger partial charge in [0.1, 0.15) is 0 Å². The van der Waals surface area contributed by atoms with Crippen LogP contribution in [0.5, 0.6) is 0 Å². The van der Waals surface area contributed by atoms with Gasteiger partial charge in [0.15, 0.2) is 11.9 Å². The van der Waals surface area contributed by atoms with E-state index in [1.807, 2.05) is 19.6 Å². The van der Waals surface area contributed by atoms with Crippen molar-refractivity contribution in [1.29, 1.82) is 0 Å². The molecule has 0 radical (unpaired) electrons. The molecule has 0 bridgehead atoms. The van der Waals surface area contributed by atoms with Crippen molar-refractivity contribution < 1.29 is 23.5 Å². The molecule has 0 aromatic heterocycles. The number of ether oxygens (including phenoxy) is 1. The molecule has 114 valence electrons. The van der Waals surface area contributed by atoms with E-state index in [1.54, 1.807) is 12.1 Å². The highest BCUT2D eigenvalue weighted by atomic mass is 28.4. The molecular formula is C15H20O5Si. The highest BCUT2D eigenvalue weighted by Crippen LogP contribution is 2.16. The van der Waals surface area contributed by atoms with Gasteiger partial charge in [0.2, 0.25) is 8.32 Å². The second-order valence-corrected chi connectivity index (χ2v) is 10.1. The van der Waals surface area contributed by atoms with Crippen LogP contribution in [0.15, 0.2) is 24.3 Å². The Labute approximate surface area is 125 Å². The van der Waals surface area contributed by atoms with Gasteiger partial charge < -0.3 is 9.16 Å². The summed E-state index contributed by atoms with van der Waals surface area (Å²) in [5.74, 6) is -1.51. The largest absolute Gasteiger partial charge is 0.516 e. The van der Waals surface area contributed by atoms with Crippen molar-refractivity contribution in [1.82, 2.24) is 0 Å². The first-order chi connectivity index (χ1) is 9.61. The monoisotopic (exact) mass is 308 g/mol. The molecular weight excluding hydrogens is 288 g/mol. The fraction of sp³-hybridized carbons (Fsp3) is 0.400. The number of esters is 1. The molecule has 1 unspecified atom stereocenters. The molecule has 5 nitrogen and oxygen atoms in total. The van der Waals surface area contributed by atoms with E-state index in [0.717, 1.165) is 0 Å². The predicted octanol–water partition coefficient (Wildman–Crippen LogP) is 2.81. The third-order valence-corrected chi connectivity index (χ3v) is 3.42. The van der Waals surface area contributed by atoms with Gasteiger partial charge >= 0.3 is 11.9 Å². The Hall–Kier alpha value is -1.95. The average molecular weight is 308 g/mol. The summed E-state index contributed by atoms with van der Waals surface area (Å²) in [4.78, 5) is 35.4. The lowest BCUT2D eigenvalue weighted by Crippen LogP contribution is -2.30. The molecule has 1 aromatic carbocycles. The molecule has 0 saturated heterocycles. The normalized spacial score (nSPS) is 12.4. The van der Waals surface area contributed by atoms with Crippen molar-refractivity contribution >= 4 is 26.0 Å². The van der Waals surface area contributed by atoms with Crippen LogP contribution in [0, 0.1) is 0 Å². The average Bonchev–Trinajstić information content (AvgIpc) is 2.36. The first kappa shape index (κ1) is 17.1. The van der Waals surface area contributed by atoms with Crippen molar-refractivity contribution in [2.75, 3.05) is 0 Å². The van der Waals surface area contributed by atoms with E-state index in [1.165, 1.54) is 26.0 Å². The van der Waals surface area contributed by atoms with Crippen molar-refractivity contribution in [3.8, 4) is 0 Å². The highest BCUT2D eigenvalue weighted by molar-refractivity contribution is 6.71.